The van der Waals surface area contributed by atoms with Crippen molar-refractivity contribution in [1.82, 2.24) is 0 Å². The SMILES string of the molecule is C=C(C)[C@H]1CC[C@@]2(C)CCC[C@@H](C)[NH+]2C1. The van der Waals surface area contributed by atoms with Crippen molar-refractivity contribution >= 4 is 0 Å². The average molecular weight is 208 g/mol. The molecule has 0 bridgehead atoms. The molecule has 2 fully saturated rings. The van der Waals surface area contributed by atoms with Crippen molar-refractivity contribution in [2.75, 3.05) is 6.54 Å². The minimum Gasteiger partial charge on any atom is -0.328 e. The van der Waals surface area contributed by atoms with Crippen LogP contribution in [0.5, 0.6) is 0 Å². The van der Waals surface area contributed by atoms with E-state index in [-0.39, 0.29) is 0 Å². The summed E-state index contributed by atoms with van der Waals surface area (Å²) in [5, 5.41) is 0. The Balaban J connectivity index is 2.12. The minimum atomic E-state index is 0.587. The topological polar surface area (TPSA) is 4.44 Å². The smallest absolute Gasteiger partial charge is 0.0950 e. The molecule has 0 aromatic heterocycles. The highest BCUT2D eigenvalue weighted by atomic mass is 15.2. The van der Waals surface area contributed by atoms with E-state index in [1.807, 2.05) is 4.90 Å². The number of nitrogens with one attached hydrogen (secondary N) is 1. The monoisotopic (exact) mass is 208 g/mol. The van der Waals surface area contributed by atoms with Crippen LogP contribution in [0.2, 0.25) is 0 Å². The molecule has 4 atom stereocenters. The molecule has 0 aromatic carbocycles. The lowest BCUT2D eigenvalue weighted by atomic mass is 9.74. The molecule has 86 valence electrons. The molecular weight excluding hydrogens is 182 g/mol. The molecular formula is C14H26N+. The number of quaternary nitrogens is 1. The standard InChI is InChI=1S/C14H25N/c1-11(2)13-7-9-14(4)8-5-6-12(3)15(14)10-13/h12-13H,1,5-10H2,2-4H3/p+1/t12-,13+,14-/m1/s1. The fourth-order valence-corrected chi connectivity index (χ4v) is 3.74. The number of rotatable bonds is 1. The maximum Gasteiger partial charge on any atom is 0.0950 e. The summed E-state index contributed by atoms with van der Waals surface area (Å²) in [5.74, 6) is 0.786. The van der Waals surface area contributed by atoms with Gasteiger partial charge in [-0.05, 0) is 40.0 Å². The van der Waals surface area contributed by atoms with Crippen molar-refractivity contribution < 1.29 is 4.90 Å². The van der Waals surface area contributed by atoms with E-state index in [1.165, 1.54) is 44.2 Å². The van der Waals surface area contributed by atoms with Gasteiger partial charge in [0, 0.05) is 18.8 Å². The zero-order valence-electron chi connectivity index (χ0n) is 10.6. The van der Waals surface area contributed by atoms with Gasteiger partial charge in [-0.2, -0.15) is 0 Å². The summed E-state index contributed by atoms with van der Waals surface area (Å²) in [6.07, 6.45) is 7.09. The van der Waals surface area contributed by atoms with E-state index in [0.717, 1.165) is 12.0 Å². The zero-order valence-corrected chi connectivity index (χ0v) is 10.6. The molecule has 0 amide bonds. The summed E-state index contributed by atoms with van der Waals surface area (Å²) >= 11 is 0. The molecule has 2 heterocycles. The Kier molecular flexibility index (Phi) is 2.94. The number of fused-ring (bicyclic) bond motifs is 1. The van der Waals surface area contributed by atoms with E-state index in [0.29, 0.717) is 5.54 Å². The van der Waals surface area contributed by atoms with Gasteiger partial charge in [0.15, 0.2) is 0 Å². The lowest BCUT2D eigenvalue weighted by molar-refractivity contribution is -0.985. The number of hydrogen-bond acceptors (Lipinski definition) is 0. The highest BCUT2D eigenvalue weighted by Gasteiger charge is 2.46. The maximum atomic E-state index is 4.15. The molecule has 0 radical (unpaired) electrons. The molecule has 1 unspecified atom stereocenters. The summed E-state index contributed by atoms with van der Waals surface area (Å²) in [6.45, 7) is 12.6. The minimum absolute atomic E-state index is 0.587. The first-order valence-corrected chi connectivity index (χ1v) is 6.54. The summed E-state index contributed by atoms with van der Waals surface area (Å²) in [7, 11) is 0. The van der Waals surface area contributed by atoms with Crippen molar-refractivity contribution in [3.63, 3.8) is 0 Å². The van der Waals surface area contributed by atoms with Crippen LogP contribution in [0, 0.1) is 5.92 Å². The molecule has 1 heteroatoms. The molecule has 2 saturated heterocycles. The van der Waals surface area contributed by atoms with Crippen LogP contribution in [0.25, 0.3) is 0 Å². The van der Waals surface area contributed by atoms with Crippen molar-refractivity contribution in [3.05, 3.63) is 12.2 Å². The molecule has 15 heavy (non-hydrogen) atoms. The lowest BCUT2D eigenvalue weighted by Gasteiger charge is -2.50. The Labute approximate surface area is 94.5 Å². The Morgan fingerprint density at radius 2 is 2.07 bits per heavy atom. The van der Waals surface area contributed by atoms with Crippen LogP contribution in [-0.2, 0) is 0 Å². The second-order valence-corrected chi connectivity index (χ2v) is 6.17. The van der Waals surface area contributed by atoms with E-state index in [1.54, 1.807) is 0 Å². The van der Waals surface area contributed by atoms with E-state index < -0.39 is 0 Å². The summed E-state index contributed by atoms with van der Waals surface area (Å²) in [4.78, 5) is 1.87. The van der Waals surface area contributed by atoms with E-state index in [2.05, 4.69) is 27.4 Å². The van der Waals surface area contributed by atoms with Crippen LogP contribution >= 0.6 is 0 Å². The largest absolute Gasteiger partial charge is 0.328 e. The third-order valence-corrected chi connectivity index (χ3v) is 4.94. The lowest BCUT2D eigenvalue weighted by Crippen LogP contribution is -3.24. The third kappa shape index (κ3) is 1.99. The van der Waals surface area contributed by atoms with Crippen LogP contribution < -0.4 is 4.90 Å². The van der Waals surface area contributed by atoms with Gasteiger partial charge in [-0.25, -0.2) is 0 Å². The summed E-state index contributed by atoms with van der Waals surface area (Å²) < 4.78 is 0. The second-order valence-electron chi connectivity index (χ2n) is 6.17. The fourth-order valence-electron chi connectivity index (χ4n) is 3.74. The van der Waals surface area contributed by atoms with Crippen molar-refractivity contribution in [3.8, 4) is 0 Å². The van der Waals surface area contributed by atoms with E-state index >= 15 is 0 Å². The summed E-state index contributed by atoms with van der Waals surface area (Å²) in [6, 6.07) is 0.867. The first kappa shape index (κ1) is 11.2. The molecule has 1 nitrogen and oxygen atoms in total. The molecule has 2 aliphatic rings. The van der Waals surface area contributed by atoms with Gasteiger partial charge in [-0.15, -0.1) is 0 Å². The fraction of sp³-hybridized carbons (Fsp3) is 0.857. The predicted molar refractivity (Wildman–Crippen MR) is 65.1 cm³/mol. The average Bonchev–Trinajstić information content (AvgIpc) is 2.17. The van der Waals surface area contributed by atoms with Crippen molar-refractivity contribution in [2.24, 2.45) is 5.92 Å². The molecule has 2 rings (SSSR count). The van der Waals surface area contributed by atoms with Crippen LogP contribution in [0.3, 0.4) is 0 Å². The van der Waals surface area contributed by atoms with Gasteiger partial charge in [0.2, 0.25) is 0 Å². The van der Waals surface area contributed by atoms with Crippen LogP contribution in [0.1, 0.15) is 52.9 Å². The van der Waals surface area contributed by atoms with Gasteiger partial charge < -0.3 is 4.90 Å². The first-order valence-electron chi connectivity index (χ1n) is 6.54. The Morgan fingerprint density at radius 3 is 2.73 bits per heavy atom. The van der Waals surface area contributed by atoms with Gasteiger partial charge in [-0.3, -0.25) is 0 Å². The molecule has 0 aromatic rings. The molecule has 0 spiro atoms. The van der Waals surface area contributed by atoms with Crippen LogP contribution in [0.15, 0.2) is 12.2 Å². The normalized spacial score (nSPS) is 45.9. The quantitative estimate of drug-likeness (QED) is 0.630. The first-order chi connectivity index (χ1) is 7.03. The van der Waals surface area contributed by atoms with Gasteiger partial charge in [0.05, 0.1) is 18.1 Å². The number of hydrogen-bond donors (Lipinski definition) is 1. The molecule has 0 aliphatic carbocycles. The highest BCUT2D eigenvalue weighted by molar-refractivity contribution is 4.99. The van der Waals surface area contributed by atoms with Crippen LogP contribution in [-0.4, -0.2) is 18.1 Å². The second kappa shape index (κ2) is 3.93. The maximum absolute atomic E-state index is 4.15. The molecule has 1 N–H and O–H groups in total. The van der Waals surface area contributed by atoms with E-state index in [4.69, 9.17) is 0 Å². The Morgan fingerprint density at radius 1 is 1.33 bits per heavy atom. The zero-order chi connectivity index (χ0) is 11.1. The van der Waals surface area contributed by atoms with Gasteiger partial charge >= 0.3 is 0 Å². The summed E-state index contributed by atoms with van der Waals surface area (Å²) in [5.41, 5.74) is 1.99. The predicted octanol–water partition coefficient (Wildman–Crippen LogP) is 2.19. The van der Waals surface area contributed by atoms with E-state index in [9.17, 15) is 0 Å². The van der Waals surface area contributed by atoms with Gasteiger partial charge in [0.1, 0.15) is 0 Å². The van der Waals surface area contributed by atoms with Gasteiger partial charge in [-0.1, -0.05) is 12.2 Å². The third-order valence-electron chi connectivity index (χ3n) is 4.94. The molecule has 0 saturated carbocycles. The Hall–Kier alpha value is -0.300. The Bertz CT molecular complexity index is 258. The highest BCUT2D eigenvalue weighted by Crippen LogP contribution is 2.29. The van der Waals surface area contributed by atoms with Crippen molar-refractivity contribution in [1.29, 1.82) is 0 Å². The number of piperidine rings is 2. The van der Waals surface area contributed by atoms with Gasteiger partial charge in [0.25, 0.3) is 0 Å². The molecule has 2 aliphatic heterocycles. The van der Waals surface area contributed by atoms with Crippen molar-refractivity contribution in [2.45, 2.75) is 64.5 Å². The van der Waals surface area contributed by atoms with Crippen LogP contribution in [0.4, 0.5) is 0 Å².